The minimum absolute atomic E-state index is 0.102. The maximum atomic E-state index is 12.2. The van der Waals surface area contributed by atoms with E-state index < -0.39 is 5.60 Å². The van der Waals surface area contributed by atoms with Crippen LogP contribution in [0, 0.1) is 13.8 Å². The zero-order chi connectivity index (χ0) is 15.6. The molecule has 0 aliphatic heterocycles. The maximum Gasteiger partial charge on any atom is 0.253 e. The molecule has 0 spiro atoms. The first-order valence-electron chi connectivity index (χ1n) is 6.73. The van der Waals surface area contributed by atoms with Crippen LogP contribution in [0.5, 0.6) is 0 Å². The molecule has 0 fully saturated rings. The highest BCUT2D eigenvalue weighted by Gasteiger charge is 2.25. The number of hydrogen-bond donors (Lipinski definition) is 2. The van der Waals surface area contributed by atoms with Crippen molar-refractivity contribution in [1.82, 2.24) is 20.1 Å². The van der Waals surface area contributed by atoms with E-state index in [1.807, 2.05) is 6.92 Å². The monoisotopic (exact) mass is 288 g/mol. The number of aromatic nitrogens is 3. The number of nitrogens with one attached hydrogen (secondary N) is 1. The molecule has 0 saturated carbocycles. The van der Waals surface area contributed by atoms with Gasteiger partial charge in [-0.05, 0) is 32.9 Å². The third kappa shape index (κ3) is 3.46. The van der Waals surface area contributed by atoms with Gasteiger partial charge >= 0.3 is 0 Å². The molecule has 1 amide bonds. The molecule has 0 saturated heterocycles. The number of aliphatic hydroxyl groups is 1. The summed E-state index contributed by atoms with van der Waals surface area (Å²) in [6, 6.07) is 3.53. The second-order valence-corrected chi connectivity index (χ2v) is 5.44. The number of nitrogens with zero attached hydrogens (tertiary/aromatic N) is 3. The third-order valence-electron chi connectivity index (χ3n) is 3.39. The van der Waals surface area contributed by atoms with Crippen molar-refractivity contribution in [1.29, 1.82) is 0 Å². The van der Waals surface area contributed by atoms with Gasteiger partial charge in [-0.25, -0.2) is 0 Å². The lowest BCUT2D eigenvalue weighted by molar-refractivity contribution is 0.0525. The number of pyridine rings is 1. The smallest absolute Gasteiger partial charge is 0.253 e. The Hall–Kier alpha value is -2.21. The molecule has 6 heteroatoms. The highest BCUT2D eigenvalue weighted by Crippen LogP contribution is 2.18. The van der Waals surface area contributed by atoms with Crippen molar-refractivity contribution in [3.63, 3.8) is 0 Å². The lowest BCUT2D eigenvalue weighted by Gasteiger charge is -2.22. The summed E-state index contributed by atoms with van der Waals surface area (Å²) >= 11 is 0. The van der Waals surface area contributed by atoms with E-state index in [2.05, 4.69) is 15.4 Å². The molecule has 0 radical (unpaired) electrons. The zero-order valence-electron chi connectivity index (χ0n) is 12.7. The molecule has 0 aromatic carbocycles. The van der Waals surface area contributed by atoms with Gasteiger partial charge in [-0.1, -0.05) is 0 Å². The van der Waals surface area contributed by atoms with Gasteiger partial charge in [0.25, 0.3) is 5.91 Å². The highest BCUT2D eigenvalue weighted by molar-refractivity contribution is 5.95. The molecule has 2 rings (SSSR count). The van der Waals surface area contributed by atoms with Crippen molar-refractivity contribution in [3.8, 4) is 0 Å². The van der Waals surface area contributed by atoms with Gasteiger partial charge in [0.05, 0.1) is 24.0 Å². The minimum Gasteiger partial charge on any atom is -0.383 e. The summed E-state index contributed by atoms with van der Waals surface area (Å²) in [4.78, 5) is 16.4. The van der Waals surface area contributed by atoms with Crippen molar-refractivity contribution in [3.05, 3.63) is 47.0 Å². The average molecular weight is 288 g/mol. The van der Waals surface area contributed by atoms with Crippen LogP contribution in [0.15, 0.2) is 24.5 Å². The van der Waals surface area contributed by atoms with E-state index in [1.165, 1.54) is 0 Å². The van der Waals surface area contributed by atoms with E-state index in [-0.39, 0.29) is 12.5 Å². The van der Waals surface area contributed by atoms with Crippen LogP contribution in [0.4, 0.5) is 0 Å². The highest BCUT2D eigenvalue weighted by atomic mass is 16.3. The molecule has 0 aliphatic carbocycles. The lowest BCUT2D eigenvalue weighted by atomic mass is 9.99. The van der Waals surface area contributed by atoms with Crippen LogP contribution in [-0.2, 0) is 12.6 Å². The van der Waals surface area contributed by atoms with Gasteiger partial charge in [-0.15, -0.1) is 0 Å². The Morgan fingerprint density at radius 1 is 1.43 bits per heavy atom. The molecule has 6 nitrogen and oxygen atoms in total. The Balaban J connectivity index is 2.06. The first-order chi connectivity index (χ1) is 9.79. The van der Waals surface area contributed by atoms with Crippen LogP contribution >= 0.6 is 0 Å². The van der Waals surface area contributed by atoms with Gasteiger partial charge in [0, 0.05) is 24.5 Å². The molecular weight excluding hydrogens is 268 g/mol. The number of carbonyl (C=O) groups is 1. The van der Waals surface area contributed by atoms with Crippen LogP contribution in [0.1, 0.15) is 34.2 Å². The summed E-state index contributed by atoms with van der Waals surface area (Å²) in [6.07, 6.45) is 3.32. The number of rotatable bonds is 4. The molecule has 1 unspecified atom stereocenters. The minimum atomic E-state index is -1.17. The molecule has 2 aromatic rings. The van der Waals surface area contributed by atoms with Crippen molar-refractivity contribution in [2.24, 2.45) is 7.05 Å². The first kappa shape index (κ1) is 15.2. The fourth-order valence-electron chi connectivity index (χ4n) is 2.08. The van der Waals surface area contributed by atoms with E-state index in [1.54, 1.807) is 50.1 Å². The van der Waals surface area contributed by atoms with E-state index in [9.17, 15) is 9.90 Å². The molecule has 2 heterocycles. The predicted octanol–water partition coefficient (Wildman–Crippen LogP) is 1.07. The standard InChI is InChI=1S/C15H20N4O2/c1-10-5-6-13(11(2)18-10)14(20)16-9-15(3,21)12-7-17-19(4)8-12/h5-8,21H,9H2,1-4H3,(H,16,20). The predicted molar refractivity (Wildman–Crippen MR) is 78.8 cm³/mol. The molecule has 2 aromatic heterocycles. The molecular formula is C15H20N4O2. The summed E-state index contributed by atoms with van der Waals surface area (Å²) in [6.45, 7) is 5.42. The summed E-state index contributed by atoms with van der Waals surface area (Å²) in [5.41, 5.74) is 1.54. The second-order valence-electron chi connectivity index (χ2n) is 5.44. The first-order valence-corrected chi connectivity index (χ1v) is 6.73. The summed E-state index contributed by atoms with van der Waals surface area (Å²) < 4.78 is 1.61. The van der Waals surface area contributed by atoms with Crippen LogP contribution in [0.3, 0.4) is 0 Å². The Kier molecular flexibility index (Phi) is 4.09. The molecule has 2 N–H and O–H groups in total. The van der Waals surface area contributed by atoms with Gasteiger partial charge in [0.1, 0.15) is 5.60 Å². The fraction of sp³-hybridized carbons (Fsp3) is 0.400. The van der Waals surface area contributed by atoms with Crippen molar-refractivity contribution in [2.45, 2.75) is 26.4 Å². The summed E-state index contributed by atoms with van der Waals surface area (Å²) in [5.74, 6) is -0.246. The van der Waals surface area contributed by atoms with Gasteiger partial charge in [0.2, 0.25) is 0 Å². The van der Waals surface area contributed by atoms with Crippen LogP contribution in [0.2, 0.25) is 0 Å². The zero-order valence-corrected chi connectivity index (χ0v) is 12.7. The van der Waals surface area contributed by atoms with Gasteiger partial charge < -0.3 is 10.4 Å². The lowest BCUT2D eigenvalue weighted by Crippen LogP contribution is -2.38. The molecule has 112 valence electrons. The Morgan fingerprint density at radius 2 is 2.14 bits per heavy atom. The van der Waals surface area contributed by atoms with Crippen LogP contribution in [-0.4, -0.2) is 32.3 Å². The Labute approximate surface area is 123 Å². The number of amides is 1. The van der Waals surface area contributed by atoms with Crippen molar-refractivity contribution < 1.29 is 9.90 Å². The maximum absolute atomic E-state index is 12.2. The molecule has 0 bridgehead atoms. The third-order valence-corrected chi connectivity index (χ3v) is 3.39. The van der Waals surface area contributed by atoms with E-state index in [4.69, 9.17) is 0 Å². The van der Waals surface area contributed by atoms with Crippen LogP contribution in [0.25, 0.3) is 0 Å². The normalized spacial score (nSPS) is 13.8. The summed E-state index contributed by atoms with van der Waals surface area (Å²) in [7, 11) is 1.78. The summed E-state index contributed by atoms with van der Waals surface area (Å²) in [5, 5.41) is 17.2. The average Bonchev–Trinajstić information content (AvgIpc) is 2.84. The van der Waals surface area contributed by atoms with Gasteiger partial charge in [-0.3, -0.25) is 14.5 Å². The topological polar surface area (TPSA) is 80.0 Å². The number of carbonyl (C=O) groups excluding carboxylic acids is 1. The van der Waals surface area contributed by atoms with Gasteiger partial charge in [0.15, 0.2) is 0 Å². The quantitative estimate of drug-likeness (QED) is 0.882. The van der Waals surface area contributed by atoms with E-state index in [0.717, 1.165) is 5.69 Å². The van der Waals surface area contributed by atoms with E-state index >= 15 is 0 Å². The molecule has 21 heavy (non-hydrogen) atoms. The molecule has 1 atom stereocenters. The Bertz CT molecular complexity index is 661. The van der Waals surface area contributed by atoms with Crippen LogP contribution < -0.4 is 5.32 Å². The Morgan fingerprint density at radius 3 is 2.71 bits per heavy atom. The largest absolute Gasteiger partial charge is 0.383 e. The van der Waals surface area contributed by atoms with E-state index in [0.29, 0.717) is 16.8 Å². The van der Waals surface area contributed by atoms with Crippen molar-refractivity contribution in [2.75, 3.05) is 6.54 Å². The molecule has 0 aliphatic rings. The fourth-order valence-corrected chi connectivity index (χ4v) is 2.08. The number of hydrogen-bond acceptors (Lipinski definition) is 4. The van der Waals surface area contributed by atoms with Crippen molar-refractivity contribution >= 4 is 5.91 Å². The SMILES string of the molecule is Cc1ccc(C(=O)NCC(C)(O)c2cnn(C)c2)c(C)n1. The second kappa shape index (κ2) is 5.65. The number of aryl methyl sites for hydroxylation is 3. The van der Waals surface area contributed by atoms with Gasteiger partial charge in [-0.2, -0.15) is 5.10 Å².